The van der Waals surface area contributed by atoms with Crippen LogP contribution in [0.15, 0.2) is 24.3 Å². The third-order valence-electron chi connectivity index (χ3n) is 2.56. The summed E-state index contributed by atoms with van der Waals surface area (Å²) >= 11 is 0. The Kier molecular flexibility index (Phi) is 2.73. The molecule has 0 N–H and O–H groups in total. The first-order valence-corrected chi connectivity index (χ1v) is 5.04. The summed E-state index contributed by atoms with van der Waals surface area (Å²) in [6.45, 7) is 3.15. The predicted octanol–water partition coefficient (Wildman–Crippen LogP) is 2.85. The Bertz CT molecular complexity index is 476. The van der Waals surface area contributed by atoms with Crippen molar-refractivity contribution in [3.8, 4) is 0 Å². The summed E-state index contributed by atoms with van der Waals surface area (Å²) in [6.07, 6.45) is 0. The maximum absolute atomic E-state index is 13.5. The summed E-state index contributed by atoms with van der Waals surface area (Å²) < 4.78 is 20.7. The Morgan fingerprint density at radius 3 is 2.87 bits per heavy atom. The van der Waals surface area contributed by atoms with Crippen molar-refractivity contribution in [2.75, 3.05) is 6.61 Å². The zero-order valence-corrected chi connectivity index (χ0v) is 8.96. The van der Waals surface area contributed by atoms with Crippen LogP contribution in [0.2, 0.25) is 0 Å². The van der Waals surface area contributed by atoms with Crippen LogP contribution < -0.4 is 0 Å². The van der Waals surface area contributed by atoms with Gasteiger partial charge in [-0.2, -0.15) is 0 Å². The number of aromatic nitrogens is 1. The van der Waals surface area contributed by atoms with Crippen LogP contribution in [0.5, 0.6) is 0 Å². The van der Waals surface area contributed by atoms with Crippen LogP contribution in [0.4, 0.5) is 4.39 Å². The van der Waals surface area contributed by atoms with Crippen molar-refractivity contribution >= 4 is 10.9 Å². The molecule has 1 aromatic heterocycles. The van der Waals surface area contributed by atoms with Gasteiger partial charge in [-0.05, 0) is 19.1 Å². The Morgan fingerprint density at radius 2 is 2.20 bits per heavy atom. The highest BCUT2D eigenvalue weighted by atomic mass is 19.1. The second-order valence-electron chi connectivity index (χ2n) is 3.51. The lowest BCUT2D eigenvalue weighted by atomic mass is 10.2. The normalized spacial score (nSPS) is 11.1. The lowest BCUT2D eigenvalue weighted by Gasteiger charge is -2.04. The molecule has 3 heteroatoms. The molecular formula is C12H14FNO. The van der Waals surface area contributed by atoms with Crippen LogP contribution in [0.1, 0.15) is 12.6 Å². The molecule has 2 aromatic rings. The first-order valence-electron chi connectivity index (χ1n) is 5.04. The number of halogens is 1. The monoisotopic (exact) mass is 207 g/mol. The van der Waals surface area contributed by atoms with Gasteiger partial charge in [0.05, 0.1) is 12.1 Å². The van der Waals surface area contributed by atoms with Gasteiger partial charge < -0.3 is 9.30 Å². The number of nitrogens with zero attached hydrogens (tertiary/aromatic N) is 1. The van der Waals surface area contributed by atoms with E-state index < -0.39 is 0 Å². The molecule has 0 unspecified atom stereocenters. The number of hydrogen-bond acceptors (Lipinski definition) is 1. The van der Waals surface area contributed by atoms with Gasteiger partial charge in [-0.15, -0.1) is 0 Å². The van der Waals surface area contributed by atoms with Gasteiger partial charge in [0.25, 0.3) is 0 Å². The molecule has 0 saturated heterocycles. The van der Waals surface area contributed by atoms with Crippen LogP contribution >= 0.6 is 0 Å². The van der Waals surface area contributed by atoms with E-state index in [-0.39, 0.29) is 5.82 Å². The Balaban J connectivity index is 2.50. The molecule has 1 aromatic carbocycles. The molecule has 80 valence electrons. The van der Waals surface area contributed by atoms with Crippen molar-refractivity contribution < 1.29 is 9.13 Å². The van der Waals surface area contributed by atoms with Gasteiger partial charge in [-0.25, -0.2) is 4.39 Å². The van der Waals surface area contributed by atoms with Gasteiger partial charge in [0.1, 0.15) is 5.82 Å². The molecule has 0 aliphatic heterocycles. The van der Waals surface area contributed by atoms with Gasteiger partial charge in [0, 0.05) is 24.7 Å². The molecule has 0 saturated carbocycles. The van der Waals surface area contributed by atoms with E-state index in [1.165, 1.54) is 6.07 Å². The van der Waals surface area contributed by atoms with Crippen molar-refractivity contribution in [1.82, 2.24) is 4.57 Å². The number of fused-ring (bicyclic) bond motifs is 1. The number of para-hydroxylation sites is 1. The van der Waals surface area contributed by atoms with Crippen molar-refractivity contribution in [2.45, 2.75) is 13.5 Å². The minimum atomic E-state index is -0.183. The highest BCUT2D eigenvalue weighted by Gasteiger charge is 2.08. The van der Waals surface area contributed by atoms with E-state index in [0.29, 0.717) is 18.7 Å². The molecule has 0 aliphatic rings. The standard InChI is InChI=1S/C12H14FNO/c1-3-15-8-10-7-9-5-4-6-11(13)12(9)14(10)2/h4-7H,3,8H2,1-2H3. The van der Waals surface area contributed by atoms with E-state index in [2.05, 4.69) is 0 Å². The van der Waals surface area contributed by atoms with E-state index in [4.69, 9.17) is 4.74 Å². The maximum Gasteiger partial charge on any atom is 0.147 e. The van der Waals surface area contributed by atoms with E-state index in [1.807, 2.05) is 30.7 Å². The molecule has 0 radical (unpaired) electrons. The fourth-order valence-electron chi connectivity index (χ4n) is 1.77. The fourth-order valence-corrected chi connectivity index (χ4v) is 1.77. The number of ether oxygens (including phenoxy) is 1. The summed E-state index contributed by atoms with van der Waals surface area (Å²) in [5.41, 5.74) is 1.64. The Labute approximate surface area is 88.3 Å². The Morgan fingerprint density at radius 1 is 1.40 bits per heavy atom. The van der Waals surface area contributed by atoms with Gasteiger partial charge in [0.15, 0.2) is 0 Å². The molecule has 15 heavy (non-hydrogen) atoms. The van der Waals surface area contributed by atoms with Crippen molar-refractivity contribution in [3.05, 3.63) is 35.8 Å². The second kappa shape index (κ2) is 4.03. The predicted molar refractivity (Wildman–Crippen MR) is 58.2 cm³/mol. The van der Waals surface area contributed by atoms with E-state index in [1.54, 1.807) is 6.07 Å². The third kappa shape index (κ3) is 1.75. The minimum Gasteiger partial charge on any atom is -0.376 e. The number of benzene rings is 1. The molecule has 2 rings (SSSR count). The Hall–Kier alpha value is -1.35. The average Bonchev–Trinajstić information content (AvgIpc) is 2.54. The average molecular weight is 207 g/mol. The zero-order chi connectivity index (χ0) is 10.8. The summed E-state index contributed by atoms with van der Waals surface area (Å²) in [5.74, 6) is -0.183. The lowest BCUT2D eigenvalue weighted by Crippen LogP contribution is -2.00. The van der Waals surface area contributed by atoms with Crippen molar-refractivity contribution in [1.29, 1.82) is 0 Å². The topological polar surface area (TPSA) is 14.2 Å². The highest BCUT2D eigenvalue weighted by molar-refractivity contribution is 5.81. The van der Waals surface area contributed by atoms with Crippen LogP contribution in [0, 0.1) is 5.82 Å². The minimum absolute atomic E-state index is 0.183. The quantitative estimate of drug-likeness (QED) is 0.754. The molecule has 2 nitrogen and oxygen atoms in total. The molecule has 0 spiro atoms. The van der Waals surface area contributed by atoms with Crippen LogP contribution in [0.3, 0.4) is 0 Å². The van der Waals surface area contributed by atoms with Gasteiger partial charge in [-0.1, -0.05) is 12.1 Å². The summed E-state index contributed by atoms with van der Waals surface area (Å²) in [4.78, 5) is 0. The van der Waals surface area contributed by atoms with Crippen molar-refractivity contribution in [2.24, 2.45) is 7.05 Å². The fraction of sp³-hybridized carbons (Fsp3) is 0.333. The molecule has 0 aliphatic carbocycles. The summed E-state index contributed by atoms with van der Waals surface area (Å²) in [7, 11) is 1.86. The number of aryl methyl sites for hydroxylation is 1. The number of rotatable bonds is 3. The second-order valence-corrected chi connectivity index (χ2v) is 3.51. The SMILES string of the molecule is CCOCc1cc2cccc(F)c2n1C. The van der Waals surface area contributed by atoms with E-state index in [9.17, 15) is 4.39 Å². The van der Waals surface area contributed by atoms with Crippen LogP contribution in [-0.2, 0) is 18.4 Å². The van der Waals surface area contributed by atoms with E-state index >= 15 is 0 Å². The molecule has 0 atom stereocenters. The largest absolute Gasteiger partial charge is 0.376 e. The van der Waals surface area contributed by atoms with Gasteiger partial charge >= 0.3 is 0 Å². The summed E-state index contributed by atoms with van der Waals surface area (Å²) in [6, 6.07) is 7.08. The highest BCUT2D eigenvalue weighted by Crippen LogP contribution is 2.21. The number of hydrogen-bond donors (Lipinski definition) is 0. The first kappa shape index (κ1) is 10.2. The lowest BCUT2D eigenvalue weighted by molar-refractivity contribution is 0.129. The van der Waals surface area contributed by atoms with Crippen LogP contribution in [-0.4, -0.2) is 11.2 Å². The van der Waals surface area contributed by atoms with Crippen molar-refractivity contribution in [3.63, 3.8) is 0 Å². The maximum atomic E-state index is 13.5. The zero-order valence-electron chi connectivity index (χ0n) is 8.96. The smallest absolute Gasteiger partial charge is 0.147 e. The third-order valence-corrected chi connectivity index (χ3v) is 2.56. The molecule has 0 fully saturated rings. The molecule has 0 amide bonds. The first-order chi connectivity index (χ1) is 7.24. The van der Waals surface area contributed by atoms with Gasteiger partial charge in [0.2, 0.25) is 0 Å². The van der Waals surface area contributed by atoms with Gasteiger partial charge in [-0.3, -0.25) is 0 Å². The summed E-state index contributed by atoms with van der Waals surface area (Å²) in [5, 5.41) is 0.923. The molecule has 1 heterocycles. The van der Waals surface area contributed by atoms with E-state index in [0.717, 1.165) is 11.1 Å². The molecule has 0 bridgehead atoms. The van der Waals surface area contributed by atoms with Crippen LogP contribution in [0.25, 0.3) is 10.9 Å². The molecular weight excluding hydrogens is 193 g/mol.